The molecule has 1 aromatic carbocycles. The number of hydrogen-bond acceptors (Lipinski definition) is 3. The van der Waals surface area contributed by atoms with Crippen molar-refractivity contribution < 1.29 is 4.79 Å². The maximum Gasteiger partial charge on any atom is 0.322 e. The fourth-order valence-electron chi connectivity index (χ4n) is 4.32. The third-order valence-corrected chi connectivity index (χ3v) is 7.52. The fraction of sp³-hybridized carbons (Fsp3) is 0.318. The van der Waals surface area contributed by atoms with Gasteiger partial charge in [0.2, 0.25) is 0 Å². The number of halogens is 1. The molecule has 2 aromatic heterocycles. The van der Waals surface area contributed by atoms with Gasteiger partial charge in [0.05, 0.1) is 23.3 Å². The summed E-state index contributed by atoms with van der Waals surface area (Å²) in [5, 5.41) is 4.81. The minimum Gasteiger partial charge on any atom is -0.312 e. The van der Waals surface area contributed by atoms with Gasteiger partial charge in [-0.1, -0.05) is 23.7 Å². The van der Waals surface area contributed by atoms with Crippen molar-refractivity contribution >= 4 is 34.7 Å². The summed E-state index contributed by atoms with van der Waals surface area (Å²) in [6.07, 6.45) is 3.15. The average molecular weight is 427 g/mol. The molecule has 29 heavy (non-hydrogen) atoms. The third-order valence-electron chi connectivity index (χ3n) is 5.94. The number of amides is 2. The zero-order chi connectivity index (χ0) is 20.1. The van der Waals surface area contributed by atoms with Crippen LogP contribution in [-0.4, -0.2) is 34.0 Å². The Bertz CT molecular complexity index is 1090. The largest absolute Gasteiger partial charge is 0.322 e. The van der Waals surface area contributed by atoms with Gasteiger partial charge in [0.25, 0.3) is 0 Å². The van der Waals surface area contributed by atoms with Gasteiger partial charge in [-0.2, -0.15) is 0 Å². The van der Waals surface area contributed by atoms with Crippen molar-refractivity contribution in [3.63, 3.8) is 0 Å². The predicted molar refractivity (Wildman–Crippen MR) is 118 cm³/mol. The summed E-state index contributed by atoms with van der Waals surface area (Å²) >= 11 is 8.14. The number of anilines is 1. The molecule has 0 aliphatic carbocycles. The van der Waals surface area contributed by atoms with Crippen LogP contribution in [-0.2, 0) is 19.5 Å². The molecule has 3 aromatic rings. The van der Waals surface area contributed by atoms with Gasteiger partial charge in [-0.15, -0.1) is 11.3 Å². The second-order valence-electron chi connectivity index (χ2n) is 7.79. The predicted octanol–water partition coefficient (Wildman–Crippen LogP) is 5.29. The first-order chi connectivity index (χ1) is 14.0. The Morgan fingerprint density at radius 1 is 1.17 bits per heavy atom. The molecular formula is C22H23ClN4OS. The van der Waals surface area contributed by atoms with Crippen LogP contribution in [0.2, 0.25) is 5.02 Å². The molecule has 0 unspecified atom stereocenters. The van der Waals surface area contributed by atoms with Gasteiger partial charge in [-0.25, -0.2) is 4.79 Å². The molecule has 150 valence electrons. The maximum atomic E-state index is 13.3. The van der Waals surface area contributed by atoms with Gasteiger partial charge in [0.15, 0.2) is 0 Å². The highest BCUT2D eigenvalue weighted by Crippen LogP contribution is 2.41. The van der Waals surface area contributed by atoms with E-state index < -0.39 is 0 Å². The van der Waals surface area contributed by atoms with Gasteiger partial charge in [-0.05, 0) is 50.2 Å². The van der Waals surface area contributed by atoms with Gasteiger partial charge in [-0.3, -0.25) is 0 Å². The minimum atomic E-state index is -0.126. The third kappa shape index (κ3) is 3.16. The summed E-state index contributed by atoms with van der Waals surface area (Å²) in [5.74, 6) is 0. The van der Waals surface area contributed by atoms with Crippen molar-refractivity contribution in [2.45, 2.75) is 32.5 Å². The van der Waals surface area contributed by atoms with E-state index >= 15 is 0 Å². The summed E-state index contributed by atoms with van der Waals surface area (Å²) < 4.78 is 2.27. The van der Waals surface area contributed by atoms with E-state index in [0.717, 1.165) is 25.2 Å². The van der Waals surface area contributed by atoms with E-state index in [1.165, 1.54) is 21.0 Å². The number of nitrogens with zero attached hydrogens (tertiary/aromatic N) is 3. The van der Waals surface area contributed by atoms with Crippen LogP contribution in [0, 0.1) is 0 Å². The standard InChI is InChI=1S/C22H23ClN4OS/c1-14-19-8-5-10-26(19)21-16(15-9-11-25(2)13-20(15)29-21)12-27(14)22(28)24-18-7-4-3-6-17(18)23/h3-8,10,14H,9,11-13H2,1-2H3,(H,24,28)/t14-/m0/s1. The zero-order valence-corrected chi connectivity index (χ0v) is 18.1. The van der Waals surface area contributed by atoms with Crippen LogP contribution >= 0.6 is 22.9 Å². The van der Waals surface area contributed by atoms with Crippen molar-refractivity contribution in [2.24, 2.45) is 0 Å². The van der Waals surface area contributed by atoms with Gasteiger partial charge < -0.3 is 19.7 Å². The highest BCUT2D eigenvalue weighted by atomic mass is 35.5. The molecule has 0 saturated heterocycles. The smallest absolute Gasteiger partial charge is 0.312 e. The monoisotopic (exact) mass is 426 g/mol. The Hall–Kier alpha value is -2.28. The molecule has 2 aliphatic heterocycles. The van der Waals surface area contributed by atoms with E-state index in [0.29, 0.717) is 17.3 Å². The van der Waals surface area contributed by atoms with Crippen LogP contribution in [0.15, 0.2) is 42.6 Å². The average Bonchev–Trinajstić information content (AvgIpc) is 3.29. The topological polar surface area (TPSA) is 40.5 Å². The van der Waals surface area contributed by atoms with Gasteiger partial charge >= 0.3 is 6.03 Å². The molecule has 0 fully saturated rings. The van der Waals surface area contributed by atoms with Crippen molar-refractivity contribution in [2.75, 3.05) is 18.9 Å². The highest BCUT2D eigenvalue weighted by molar-refractivity contribution is 7.15. The molecule has 1 atom stereocenters. The number of benzene rings is 1. The normalized spacial score (nSPS) is 18.6. The molecule has 4 heterocycles. The maximum absolute atomic E-state index is 13.3. The summed E-state index contributed by atoms with van der Waals surface area (Å²) in [7, 11) is 2.17. The lowest BCUT2D eigenvalue weighted by atomic mass is 10.0. The first-order valence-corrected chi connectivity index (χ1v) is 11.0. The van der Waals surface area contributed by atoms with Crippen LogP contribution in [0.25, 0.3) is 5.00 Å². The molecule has 5 rings (SSSR count). The highest BCUT2D eigenvalue weighted by Gasteiger charge is 2.33. The number of aromatic nitrogens is 1. The van der Waals surface area contributed by atoms with E-state index in [-0.39, 0.29) is 12.1 Å². The van der Waals surface area contributed by atoms with E-state index in [2.05, 4.69) is 47.1 Å². The molecule has 2 aliphatic rings. The Morgan fingerprint density at radius 2 is 2.00 bits per heavy atom. The Morgan fingerprint density at radius 3 is 2.83 bits per heavy atom. The lowest BCUT2D eigenvalue weighted by molar-refractivity contribution is 0.189. The van der Waals surface area contributed by atoms with Gasteiger partial charge in [0, 0.05) is 35.4 Å². The number of carbonyl (C=O) groups is 1. The lowest BCUT2D eigenvalue weighted by Gasteiger charge is -2.29. The zero-order valence-electron chi connectivity index (χ0n) is 16.5. The Labute approximate surface area is 179 Å². The lowest BCUT2D eigenvalue weighted by Crippen LogP contribution is -2.36. The second kappa shape index (κ2) is 7.20. The summed E-state index contributed by atoms with van der Waals surface area (Å²) in [5.41, 5.74) is 4.48. The van der Waals surface area contributed by atoms with Crippen LogP contribution < -0.4 is 5.32 Å². The van der Waals surface area contributed by atoms with Crippen LogP contribution in [0.4, 0.5) is 10.5 Å². The van der Waals surface area contributed by atoms with E-state index in [9.17, 15) is 4.79 Å². The van der Waals surface area contributed by atoms with Crippen molar-refractivity contribution in [3.8, 4) is 5.00 Å². The SMILES string of the molecule is C[C@H]1c2cccn2-c2sc3c(c2CN1C(=O)Nc1ccccc1Cl)CCN(C)C3. The number of carbonyl (C=O) groups excluding carboxylic acids is 1. The number of hydrogen-bond donors (Lipinski definition) is 1. The number of likely N-dealkylation sites (N-methyl/N-ethyl adjacent to an activating group) is 1. The number of nitrogens with one attached hydrogen (secondary N) is 1. The van der Waals surface area contributed by atoms with E-state index in [4.69, 9.17) is 11.6 Å². The number of thiophene rings is 1. The number of para-hydroxylation sites is 1. The number of urea groups is 1. The quantitative estimate of drug-likeness (QED) is 0.574. The molecule has 2 amide bonds. The van der Waals surface area contributed by atoms with Crippen LogP contribution in [0.3, 0.4) is 0 Å². The van der Waals surface area contributed by atoms with Crippen LogP contribution in [0.1, 0.15) is 34.7 Å². The summed E-state index contributed by atoms with van der Waals surface area (Å²) in [6.45, 7) is 4.72. The molecule has 5 nitrogen and oxygen atoms in total. The molecular weight excluding hydrogens is 404 g/mol. The van der Waals surface area contributed by atoms with E-state index in [1.54, 1.807) is 6.07 Å². The fourth-order valence-corrected chi connectivity index (χ4v) is 5.95. The molecule has 7 heteroatoms. The summed E-state index contributed by atoms with van der Waals surface area (Å²) in [4.78, 5) is 19.0. The van der Waals surface area contributed by atoms with Crippen LogP contribution in [0.5, 0.6) is 0 Å². The molecule has 0 saturated carbocycles. The van der Waals surface area contributed by atoms with Gasteiger partial charge in [0.1, 0.15) is 5.00 Å². The Balaban J connectivity index is 1.56. The number of fused-ring (bicyclic) bond motifs is 5. The van der Waals surface area contributed by atoms with Crippen molar-refractivity contribution in [1.29, 1.82) is 0 Å². The molecule has 0 spiro atoms. The second-order valence-corrected chi connectivity index (χ2v) is 9.28. The minimum absolute atomic E-state index is 0.0472. The molecule has 1 N–H and O–H groups in total. The molecule has 0 bridgehead atoms. The first-order valence-electron chi connectivity index (χ1n) is 9.84. The Kier molecular flexibility index (Phi) is 4.65. The van der Waals surface area contributed by atoms with Crippen molar-refractivity contribution in [1.82, 2.24) is 14.4 Å². The first kappa shape index (κ1) is 18.7. The van der Waals surface area contributed by atoms with E-state index in [1.807, 2.05) is 34.4 Å². The van der Waals surface area contributed by atoms with Crippen molar-refractivity contribution in [3.05, 3.63) is 69.3 Å². The summed E-state index contributed by atoms with van der Waals surface area (Å²) in [6, 6.07) is 11.4. The molecule has 0 radical (unpaired) electrons. The number of rotatable bonds is 1.